The summed E-state index contributed by atoms with van der Waals surface area (Å²) in [6.45, 7) is 5.76. The van der Waals surface area contributed by atoms with Crippen LogP contribution >= 0.6 is 23.2 Å². The zero-order valence-electron chi connectivity index (χ0n) is 12.5. The molecule has 0 saturated heterocycles. The number of rotatable bonds is 8. The number of hydrogen-bond donors (Lipinski definition) is 0. The number of unbranched alkanes of at least 4 members (excludes halogenated alkanes) is 1. The molecular weight excluding hydrogens is 309 g/mol. The molecule has 116 valence electrons. The van der Waals surface area contributed by atoms with Gasteiger partial charge in [0.2, 0.25) is 0 Å². The van der Waals surface area contributed by atoms with E-state index < -0.39 is 0 Å². The van der Waals surface area contributed by atoms with Gasteiger partial charge >= 0.3 is 0 Å². The average molecular weight is 330 g/mol. The van der Waals surface area contributed by atoms with Gasteiger partial charge in [0.1, 0.15) is 11.3 Å². The monoisotopic (exact) mass is 329 g/mol. The number of ether oxygens (including phenoxy) is 1. The minimum atomic E-state index is 0.287. The number of aryl methyl sites for hydroxylation is 2. The second-order valence-corrected chi connectivity index (χ2v) is 6.06. The quantitative estimate of drug-likeness (QED) is 0.541. The third-order valence-corrected chi connectivity index (χ3v) is 3.57. The van der Waals surface area contributed by atoms with E-state index in [1.54, 1.807) is 6.20 Å². The van der Waals surface area contributed by atoms with Crippen molar-refractivity contribution in [2.45, 2.75) is 45.8 Å². The van der Waals surface area contributed by atoms with Crippen LogP contribution in [0.25, 0.3) is 11.2 Å². The van der Waals surface area contributed by atoms with Crippen LogP contribution in [-0.2, 0) is 17.7 Å². The Bertz CT molecular complexity index is 584. The van der Waals surface area contributed by atoms with Crippen molar-refractivity contribution in [3.63, 3.8) is 0 Å². The molecule has 21 heavy (non-hydrogen) atoms. The van der Waals surface area contributed by atoms with Gasteiger partial charge in [-0.25, -0.2) is 9.97 Å². The Kier molecular flexibility index (Phi) is 6.27. The van der Waals surface area contributed by atoms with E-state index >= 15 is 0 Å². The summed E-state index contributed by atoms with van der Waals surface area (Å²) in [7, 11) is 0. The molecule has 0 bridgehead atoms. The fourth-order valence-corrected chi connectivity index (χ4v) is 2.56. The number of aromatic nitrogens is 3. The van der Waals surface area contributed by atoms with Crippen molar-refractivity contribution >= 4 is 34.4 Å². The van der Waals surface area contributed by atoms with Crippen LogP contribution in [0.3, 0.4) is 0 Å². The highest BCUT2D eigenvalue weighted by molar-refractivity contribution is 6.31. The molecule has 0 N–H and O–H groups in total. The highest BCUT2D eigenvalue weighted by atomic mass is 35.5. The molecule has 0 aliphatic carbocycles. The van der Waals surface area contributed by atoms with Crippen molar-refractivity contribution in [1.82, 2.24) is 14.5 Å². The second kappa shape index (κ2) is 7.97. The molecule has 2 aromatic heterocycles. The molecule has 0 aromatic carbocycles. The van der Waals surface area contributed by atoms with Crippen LogP contribution in [0.4, 0.5) is 0 Å². The normalized spacial score (nSPS) is 11.7. The van der Waals surface area contributed by atoms with Gasteiger partial charge in [-0.3, -0.25) is 0 Å². The highest BCUT2D eigenvalue weighted by Crippen LogP contribution is 2.19. The summed E-state index contributed by atoms with van der Waals surface area (Å²) in [5, 5.41) is 0.606. The van der Waals surface area contributed by atoms with Crippen molar-refractivity contribution in [3.8, 4) is 0 Å². The number of halogens is 2. The Morgan fingerprint density at radius 2 is 2.14 bits per heavy atom. The van der Waals surface area contributed by atoms with Gasteiger partial charge in [0.15, 0.2) is 5.65 Å². The zero-order valence-corrected chi connectivity index (χ0v) is 14.0. The van der Waals surface area contributed by atoms with E-state index in [0.29, 0.717) is 10.9 Å². The van der Waals surface area contributed by atoms with Gasteiger partial charge < -0.3 is 9.30 Å². The van der Waals surface area contributed by atoms with Crippen LogP contribution in [0.2, 0.25) is 5.02 Å². The maximum Gasteiger partial charge on any atom is 0.160 e. The van der Waals surface area contributed by atoms with Crippen LogP contribution in [-0.4, -0.2) is 33.1 Å². The number of fused-ring (bicyclic) bond motifs is 1. The van der Waals surface area contributed by atoms with Gasteiger partial charge in [-0.15, -0.1) is 11.6 Å². The third kappa shape index (κ3) is 4.56. The molecule has 0 amide bonds. The summed E-state index contributed by atoms with van der Waals surface area (Å²) in [5.41, 5.74) is 1.71. The standard InChI is InChI=1S/C15H21Cl2N3O/c1-11(2)21-8-4-3-7-20-14(5-6-16)19-13-9-12(17)10-18-15(13)20/h9-11H,3-8H2,1-2H3. The van der Waals surface area contributed by atoms with Crippen LogP contribution in [0.15, 0.2) is 12.3 Å². The Hall–Kier alpha value is -0.840. The van der Waals surface area contributed by atoms with Gasteiger partial charge in [0, 0.05) is 31.6 Å². The molecular formula is C15H21Cl2N3O. The first-order chi connectivity index (χ1) is 10.1. The van der Waals surface area contributed by atoms with Crippen LogP contribution in [0.1, 0.15) is 32.5 Å². The molecule has 0 radical (unpaired) electrons. The summed E-state index contributed by atoms with van der Waals surface area (Å²) in [6.07, 6.45) is 4.73. The fraction of sp³-hybridized carbons (Fsp3) is 0.600. The fourth-order valence-electron chi connectivity index (χ4n) is 2.23. The van der Waals surface area contributed by atoms with Crippen molar-refractivity contribution < 1.29 is 4.74 Å². The van der Waals surface area contributed by atoms with Gasteiger partial charge in [-0.2, -0.15) is 0 Å². The lowest BCUT2D eigenvalue weighted by molar-refractivity contribution is 0.0754. The first-order valence-corrected chi connectivity index (χ1v) is 8.21. The molecule has 0 unspecified atom stereocenters. The first-order valence-electron chi connectivity index (χ1n) is 7.30. The molecule has 0 atom stereocenters. The van der Waals surface area contributed by atoms with Gasteiger partial charge in [0.05, 0.1) is 11.1 Å². The Balaban J connectivity index is 2.07. The maximum atomic E-state index is 5.98. The molecule has 2 aromatic rings. The minimum absolute atomic E-state index is 0.287. The third-order valence-electron chi connectivity index (χ3n) is 3.18. The topological polar surface area (TPSA) is 39.9 Å². The molecule has 0 aliphatic rings. The number of alkyl halides is 1. The minimum Gasteiger partial charge on any atom is -0.379 e. The Labute approximate surface area is 135 Å². The molecule has 2 rings (SSSR count). The molecule has 2 heterocycles. The molecule has 0 spiro atoms. The van der Waals surface area contributed by atoms with Crippen molar-refractivity contribution in [2.24, 2.45) is 0 Å². The SMILES string of the molecule is CC(C)OCCCCn1c(CCCl)nc2cc(Cl)cnc21. The van der Waals surface area contributed by atoms with E-state index in [1.165, 1.54) is 0 Å². The van der Waals surface area contributed by atoms with E-state index in [0.717, 1.165) is 49.4 Å². The summed E-state index contributed by atoms with van der Waals surface area (Å²) in [6, 6.07) is 1.85. The van der Waals surface area contributed by atoms with Crippen LogP contribution in [0.5, 0.6) is 0 Å². The maximum absolute atomic E-state index is 5.98. The number of pyridine rings is 1. The van der Waals surface area contributed by atoms with Gasteiger partial charge in [0.25, 0.3) is 0 Å². The summed E-state index contributed by atoms with van der Waals surface area (Å²) >= 11 is 11.8. The van der Waals surface area contributed by atoms with E-state index in [9.17, 15) is 0 Å². The van der Waals surface area contributed by atoms with E-state index in [1.807, 2.05) is 6.07 Å². The molecule has 0 saturated carbocycles. The molecule has 0 fully saturated rings. The van der Waals surface area contributed by atoms with Crippen LogP contribution < -0.4 is 0 Å². The number of nitrogens with zero attached hydrogens (tertiary/aromatic N) is 3. The van der Waals surface area contributed by atoms with Crippen molar-refractivity contribution in [1.29, 1.82) is 0 Å². The summed E-state index contributed by atoms with van der Waals surface area (Å²) in [5.74, 6) is 1.52. The van der Waals surface area contributed by atoms with Crippen molar-refractivity contribution in [3.05, 3.63) is 23.1 Å². The van der Waals surface area contributed by atoms with Gasteiger partial charge in [-0.05, 0) is 32.8 Å². The van der Waals surface area contributed by atoms with E-state index in [2.05, 4.69) is 28.4 Å². The highest BCUT2D eigenvalue weighted by Gasteiger charge is 2.11. The van der Waals surface area contributed by atoms with Crippen molar-refractivity contribution in [2.75, 3.05) is 12.5 Å². The Morgan fingerprint density at radius 1 is 1.33 bits per heavy atom. The predicted molar refractivity (Wildman–Crippen MR) is 87.3 cm³/mol. The number of imidazole rings is 1. The average Bonchev–Trinajstić information content (AvgIpc) is 2.75. The summed E-state index contributed by atoms with van der Waals surface area (Å²) in [4.78, 5) is 9.00. The summed E-state index contributed by atoms with van der Waals surface area (Å²) < 4.78 is 7.71. The predicted octanol–water partition coefficient (Wildman–Crippen LogP) is 4.07. The lowest BCUT2D eigenvalue weighted by Gasteiger charge is -2.09. The van der Waals surface area contributed by atoms with E-state index in [-0.39, 0.29) is 6.10 Å². The molecule has 0 aliphatic heterocycles. The lowest BCUT2D eigenvalue weighted by atomic mass is 10.3. The lowest BCUT2D eigenvalue weighted by Crippen LogP contribution is -2.08. The largest absolute Gasteiger partial charge is 0.379 e. The van der Waals surface area contributed by atoms with Crippen LogP contribution in [0, 0.1) is 0 Å². The van der Waals surface area contributed by atoms with Gasteiger partial charge in [-0.1, -0.05) is 11.6 Å². The van der Waals surface area contributed by atoms with E-state index in [4.69, 9.17) is 27.9 Å². The number of hydrogen-bond acceptors (Lipinski definition) is 3. The molecule has 6 heteroatoms. The Morgan fingerprint density at radius 3 is 2.86 bits per heavy atom. The smallest absolute Gasteiger partial charge is 0.160 e. The zero-order chi connectivity index (χ0) is 15.2. The second-order valence-electron chi connectivity index (χ2n) is 5.24. The molecule has 4 nitrogen and oxygen atoms in total. The first kappa shape index (κ1) is 16.5.